The van der Waals surface area contributed by atoms with Gasteiger partial charge in [-0.25, -0.2) is 0 Å². The fourth-order valence-corrected chi connectivity index (χ4v) is 2.68. The lowest BCUT2D eigenvalue weighted by Gasteiger charge is -2.36. The van der Waals surface area contributed by atoms with Gasteiger partial charge < -0.3 is 9.80 Å². The molecule has 0 saturated carbocycles. The first-order valence-corrected chi connectivity index (χ1v) is 7.93. The number of hydrogen-bond acceptors (Lipinski definition) is 5. The average molecular weight is 311 g/mol. The second kappa shape index (κ2) is 6.73. The maximum Gasteiger partial charge on any atom is 0.225 e. The zero-order valence-corrected chi connectivity index (χ0v) is 13.5. The lowest BCUT2D eigenvalue weighted by atomic mass is 10.1. The number of carbonyl (C=O) groups is 1. The molecule has 0 radical (unpaired) electrons. The molecule has 3 heterocycles. The van der Waals surface area contributed by atoms with Crippen molar-refractivity contribution in [3.8, 4) is 11.3 Å². The van der Waals surface area contributed by atoms with E-state index < -0.39 is 0 Å². The topological polar surface area (TPSA) is 62.2 Å². The molecule has 1 aliphatic heterocycles. The first-order chi connectivity index (χ1) is 11.1. The fraction of sp³-hybridized carbons (Fsp3) is 0.412. The highest BCUT2D eigenvalue weighted by molar-refractivity contribution is 5.78. The quantitative estimate of drug-likeness (QED) is 0.865. The Morgan fingerprint density at radius 1 is 1.09 bits per heavy atom. The van der Waals surface area contributed by atoms with Gasteiger partial charge in [0.15, 0.2) is 5.82 Å². The van der Waals surface area contributed by atoms with Gasteiger partial charge >= 0.3 is 0 Å². The fourth-order valence-electron chi connectivity index (χ4n) is 2.68. The lowest BCUT2D eigenvalue weighted by Crippen LogP contribution is -2.50. The Kier molecular flexibility index (Phi) is 4.50. The molecule has 3 rings (SSSR count). The molecular weight excluding hydrogens is 290 g/mol. The van der Waals surface area contributed by atoms with E-state index in [1.165, 1.54) is 0 Å². The van der Waals surface area contributed by atoms with Crippen molar-refractivity contribution in [3.63, 3.8) is 0 Å². The van der Waals surface area contributed by atoms with Gasteiger partial charge in [-0.1, -0.05) is 13.8 Å². The number of nitrogens with zero attached hydrogens (tertiary/aromatic N) is 5. The predicted molar refractivity (Wildman–Crippen MR) is 88.9 cm³/mol. The van der Waals surface area contributed by atoms with Crippen molar-refractivity contribution in [2.24, 2.45) is 5.92 Å². The van der Waals surface area contributed by atoms with Crippen LogP contribution in [0.15, 0.2) is 36.7 Å². The standard InChI is InChI=1S/C17H21N5O/c1-13(2)17(23)22-10-8-21(9-11-22)16-6-5-15(19-20-16)14-4-3-7-18-12-14/h3-7,12-13H,8-11H2,1-2H3. The molecule has 0 N–H and O–H groups in total. The van der Waals surface area contributed by atoms with E-state index in [1.807, 2.05) is 43.0 Å². The molecule has 2 aromatic rings. The molecule has 6 heteroatoms. The van der Waals surface area contributed by atoms with E-state index in [1.54, 1.807) is 12.4 Å². The van der Waals surface area contributed by atoms with Crippen LogP contribution in [-0.2, 0) is 4.79 Å². The van der Waals surface area contributed by atoms with Crippen LogP contribution in [0.1, 0.15) is 13.8 Å². The zero-order valence-electron chi connectivity index (χ0n) is 13.5. The Morgan fingerprint density at radius 2 is 1.87 bits per heavy atom. The van der Waals surface area contributed by atoms with Crippen LogP contribution in [-0.4, -0.2) is 52.2 Å². The minimum absolute atomic E-state index is 0.0557. The summed E-state index contributed by atoms with van der Waals surface area (Å²) in [5.74, 6) is 1.14. The largest absolute Gasteiger partial charge is 0.352 e. The summed E-state index contributed by atoms with van der Waals surface area (Å²) in [7, 11) is 0. The van der Waals surface area contributed by atoms with Crippen LogP contribution in [0.4, 0.5) is 5.82 Å². The average Bonchev–Trinajstić information content (AvgIpc) is 2.62. The van der Waals surface area contributed by atoms with Crippen molar-refractivity contribution in [1.82, 2.24) is 20.1 Å². The summed E-state index contributed by atoms with van der Waals surface area (Å²) in [6.45, 7) is 6.94. The summed E-state index contributed by atoms with van der Waals surface area (Å²) in [6.07, 6.45) is 3.52. The van der Waals surface area contributed by atoms with Crippen LogP contribution < -0.4 is 4.90 Å². The second-order valence-electron chi connectivity index (χ2n) is 5.99. The van der Waals surface area contributed by atoms with Gasteiger partial charge in [0.05, 0.1) is 5.69 Å². The number of anilines is 1. The zero-order chi connectivity index (χ0) is 16.2. The number of hydrogen-bond donors (Lipinski definition) is 0. The Hall–Kier alpha value is -2.50. The molecule has 6 nitrogen and oxygen atoms in total. The van der Waals surface area contributed by atoms with Crippen LogP contribution >= 0.6 is 0 Å². The minimum Gasteiger partial charge on any atom is -0.352 e. The number of amides is 1. The van der Waals surface area contributed by atoms with E-state index in [-0.39, 0.29) is 11.8 Å². The van der Waals surface area contributed by atoms with Crippen LogP contribution in [0.25, 0.3) is 11.3 Å². The molecule has 0 aromatic carbocycles. The van der Waals surface area contributed by atoms with Gasteiger partial charge in [0.25, 0.3) is 0 Å². The number of aromatic nitrogens is 3. The van der Waals surface area contributed by atoms with Crippen LogP contribution in [0.5, 0.6) is 0 Å². The van der Waals surface area contributed by atoms with E-state index in [0.29, 0.717) is 0 Å². The van der Waals surface area contributed by atoms with Crippen LogP contribution in [0, 0.1) is 5.92 Å². The number of piperazine rings is 1. The molecule has 1 fully saturated rings. The maximum atomic E-state index is 12.0. The predicted octanol–water partition coefficient (Wildman–Crippen LogP) is 1.84. The normalized spacial score (nSPS) is 15.1. The van der Waals surface area contributed by atoms with Crippen molar-refractivity contribution in [2.75, 3.05) is 31.1 Å². The van der Waals surface area contributed by atoms with Gasteiger partial charge in [0, 0.05) is 50.1 Å². The van der Waals surface area contributed by atoms with Gasteiger partial charge in [-0.05, 0) is 24.3 Å². The Bertz CT molecular complexity index is 648. The summed E-state index contributed by atoms with van der Waals surface area (Å²) in [4.78, 5) is 20.2. The number of rotatable bonds is 3. The molecule has 2 aromatic heterocycles. The van der Waals surface area contributed by atoms with E-state index in [2.05, 4.69) is 20.1 Å². The van der Waals surface area contributed by atoms with Gasteiger partial charge in [0.2, 0.25) is 5.91 Å². The molecule has 120 valence electrons. The number of carbonyl (C=O) groups excluding carboxylic acids is 1. The van der Waals surface area contributed by atoms with E-state index in [0.717, 1.165) is 43.3 Å². The third kappa shape index (κ3) is 3.47. The first-order valence-electron chi connectivity index (χ1n) is 7.93. The van der Waals surface area contributed by atoms with Gasteiger partial charge in [-0.3, -0.25) is 9.78 Å². The van der Waals surface area contributed by atoms with Crippen molar-refractivity contribution >= 4 is 11.7 Å². The summed E-state index contributed by atoms with van der Waals surface area (Å²) in [6, 6.07) is 7.79. The third-order valence-corrected chi connectivity index (χ3v) is 4.02. The van der Waals surface area contributed by atoms with E-state index >= 15 is 0 Å². The molecule has 0 spiro atoms. The van der Waals surface area contributed by atoms with Crippen molar-refractivity contribution in [2.45, 2.75) is 13.8 Å². The second-order valence-corrected chi connectivity index (χ2v) is 5.99. The van der Waals surface area contributed by atoms with Crippen molar-refractivity contribution < 1.29 is 4.79 Å². The highest BCUT2D eigenvalue weighted by Crippen LogP contribution is 2.18. The molecule has 0 bridgehead atoms. The van der Waals surface area contributed by atoms with E-state index in [4.69, 9.17) is 0 Å². The Morgan fingerprint density at radius 3 is 2.43 bits per heavy atom. The van der Waals surface area contributed by atoms with Crippen LogP contribution in [0.2, 0.25) is 0 Å². The maximum absolute atomic E-state index is 12.0. The highest BCUT2D eigenvalue weighted by Gasteiger charge is 2.23. The summed E-state index contributed by atoms with van der Waals surface area (Å²) in [5.41, 5.74) is 1.77. The monoisotopic (exact) mass is 311 g/mol. The summed E-state index contributed by atoms with van der Waals surface area (Å²) in [5, 5.41) is 8.62. The molecule has 23 heavy (non-hydrogen) atoms. The highest BCUT2D eigenvalue weighted by atomic mass is 16.2. The lowest BCUT2D eigenvalue weighted by molar-refractivity contribution is -0.134. The SMILES string of the molecule is CC(C)C(=O)N1CCN(c2ccc(-c3cccnc3)nn2)CC1. The van der Waals surface area contributed by atoms with Crippen molar-refractivity contribution in [3.05, 3.63) is 36.7 Å². The van der Waals surface area contributed by atoms with Crippen molar-refractivity contribution in [1.29, 1.82) is 0 Å². The van der Waals surface area contributed by atoms with Gasteiger partial charge in [0.1, 0.15) is 0 Å². The third-order valence-electron chi connectivity index (χ3n) is 4.02. The Labute approximate surface area is 136 Å². The summed E-state index contributed by atoms with van der Waals surface area (Å²) < 4.78 is 0. The molecule has 1 saturated heterocycles. The Balaban J connectivity index is 1.64. The smallest absolute Gasteiger partial charge is 0.225 e. The van der Waals surface area contributed by atoms with Crippen LogP contribution in [0.3, 0.4) is 0 Å². The molecular formula is C17H21N5O. The van der Waals surface area contributed by atoms with E-state index in [9.17, 15) is 4.79 Å². The molecule has 0 atom stereocenters. The minimum atomic E-state index is 0.0557. The first kappa shape index (κ1) is 15.4. The summed E-state index contributed by atoms with van der Waals surface area (Å²) >= 11 is 0. The molecule has 1 aliphatic rings. The van der Waals surface area contributed by atoms with Gasteiger partial charge in [-0.15, -0.1) is 10.2 Å². The number of pyridine rings is 1. The molecule has 0 unspecified atom stereocenters. The van der Waals surface area contributed by atoms with Gasteiger partial charge in [-0.2, -0.15) is 0 Å². The molecule has 0 aliphatic carbocycles. The molecule has 1 amide bonds.